The molecule has 2 aromatic rings. The molecule has 2 aromatic carbocycles. The zero-order chi connectivity index (χ0) is 18.6. The zero-order valence-electron chi connectivity index (χ0n) is 15.1. The molecule has 0 aliphatic heterocycles. The summed E-state index contributed by atoms with van der Waals surface area (Å²) in [6.45, 7) is 8.20. The Morgan fingerprint density at radius 2 is 1.76 bits per heavy atom. The lowest BCUT2D eigenvalue weighted by molar-refractivity contribution is -0.134. The summed E-state index contributed by atoms with van der Waals surface area (Å²) >= 11 is 12.3. The number of aryl methyl sites for hydroxylation is 1. The smallest absolute Gasteiger partial charge is 0.311 e. The minimum atomic E-state index is -0.245. The highest BCUT2D eigenvalue weighted by Crippen LogP contribution is 2.33. The molecule has 2 nitrogen and oxygen atoms in total. The summed E-state index contributed by atoms with van der Waals surface area (Å²) in [4.78, 5) is 12.5. The lowest BCUT2D eigenvalue weighted by Gasteiger charge is -2.18. The van der Waals surface area contributed by atoms with Gasteiger partial charge in [0.15, 0.2) is 0 Å². The molecular formula is C21H24Cl2O2. The molecule has 2 rings (SSSR count). The largest absolute Gasteiger partial charge is 0.426 e. The second-order valence-corrected chi connectivity index (χ2v) is 7.49. The van der Waals surface area contributed by atoms with E-state index in [1.165, 1.54) is 0 Å². The third-order valence-corrected chi connectivity index (χ3v) is 4.89. The molecule has 0 amide bonds. The summed E-state index contributed by atoms with van der Waals surface area (Å²) in [5.41, 5.74) is 3.04. The average molecular weight is 379 g/mol. The number of hydrogen-bond donors (Lipinski definition) is 0. The van der Waals surface area contributed by atoms with Crippen LogP contribution in [0.5, 0.6) is 5.75 Å². The second-order valence-electron chi connectivity index (χ2n) is 6.65. The number of benzene rings is 2. The first-order valence-electron chi connectivity index (χ1n) is 8.58. The van der Waals surface area contributed by atoms with Crippen LogP contribution >= 0.6 is 23.2 Å². The van der Waals surface area contributed by atoms with Gasteiger partial charge in [-0.3, -0.25) is 4.79 Å². The molecule has 134 valence electrons. The SMILES string of the molecule is CC[C@@H](CC(=O)Oc1cc(C)ccc1C(C)C)c1ccc(Cl)cc1Cl. The second kappa shape index (κ2) is 8.73. The van der Waals surface area contributed by atoms with E-state index in [1.807, 2.05) is 38.1 Å². The molecule has 0 aliphatic rings. The van der Waals surface area contributed by atoms with E-state index in [0.717, 1.165) is 23.1 Å². The predicted octanol–water partition coefficient (Wildman–Crippen LogP) is 6.91. The van der Waals surface area contributed by atoms with Crippen LogP contribution in [-0.4, -0.2) is 5.97 Å². The van der Waals surface area contributed by atoms with E-state index >= 15 is 0 Å². The molecule has 0 unspecified atom stereocenters. The van der Waals surface area contributed by atoms with Gasteiger partial charge in [0.2, 0.25) is 0 Å². The highest BCUT2D eigenvalue weighted by Gasteiger charge is 2.20. The van der Waals surface area contributed by atoms with Crippen molar-refractivity contribution in [3.63, 3.8) is 0 Å². The number of halogens is 2. The van der Waals surface area contributed by atoms with Crippen molar-refractivity contribution in [1.29, 1.82) is 0 Å². The van der Waals surface area contributed by atoms with Crippen molar-refractivity contribution in [3.8, 4) is 5.75 Å². The Balaban J connectivity index is 2.17. The summed E-state index contributed by atoms with van der Waals surface area (Å²) in [6, 6.07) is 11.4. The van der Waals surface area contributed by atoms with Crippen LogP contribution in [-0.2, 0) is 4.79 Å². The van der Waals surface area contributed by atoms with Crippen molar-refractivity contribution in [2.75, 3.05) is 0 Å². The van der Waals surface area contributed by atoms with E-state index in [0.29, 0.717) is 15.8 Å². The van der Waals surface area contributed by atoms with Gasteiger partial charge in [0, 0.05) is 10.0 Å². The van der Waals surface area contributed by atoms with Gasteiger partial charge in [-0.25, -0.2) is 0 Å². The van der Waals surface area contributed by atoms with Gasteiger partial charge >= 0.3 is 5.97 Å². The maximum atomic E-state index is 12.5. The molecule has 0 N–H and O–H groups in total. The lowest BCUT2D eigenvalue weighted by Crippen LogP contribution is -2.14. The first-order valence-corrected chi connectivity index (χ1v) is 9.33. The van der Waals surface area contributed by atoms with Gasteiger partial charge in [0.05, 0.1) is 6.42 Å². The number of rotatable bonds is 6. The fourth-order valence-corrected chi connectivity index (χ4v) is 3.44. The molecule has 0 saturated carbocycles. The van der Waals surface area contributed by atoms with Crippen LogP contribution in [0.1, 0.15) is 62.1 Å². The Bertz CT molecular complexity index is 754. The van der Waals surface area contributed by atoms with E-state index in [1.54, 1.807) is 12.1 Å². The Labute approximate surface area is 160 Å². The van der Waals surface area contributed by atoms with Crippen molar-refractivity contribution in [2.24, 2.45) is 0 Å². The van der Waals surface area contributed by atoms with Gasteiger partial charge in [0.1, 0.15) is 5.75 Å². The monoisotopic (exact) mass is 378 g/mol. The fourth-order valence-electron chi connectivity index (χ4n) is 2.88. The Kier molecular flexibility index (Phi) is 6.92. The lowest BCUT2D eigenvalue weighted by atomic mass is 9.93. The fraction of sp³-hybridized carbons (Fsp3) is 0.381. The predicted molar refractivity (Wildman–Crippen MR) is 105 cm³/mol. The molecule has 4 heteroatoms. The van der Waals surface area contributed by atoms with Crippen LogP contribution in [0.3, 0.4) is 0 Å². The van der Waals surface area contributed by atoms with Gasteiger partial charge in [-0.15, -0.1) is 0 Å². The van der Waals surface area contributed by atoms with Crippen molar-refractivity contribution in [3.05, 3.63) is 63.1 Å². The van der Waals surface area contributed by atoms with E-state index in [4.69, 9.17) is 27.9 Å². The maximum Gasteiger partial charge on any atom is 0.311 e. The number of carbonyl (C=O) groups is 1. The van der Waals surface area contributed by atoms with Crippen molar-refractivity contribution in [2.45, 2.75) is 52.4 Å². The van der Waals surface area contributed by atoms with E-state index < -0.39 is 0 Å². The van der Waals surface area contributed by atoms with E-state index in [-0.39, 0.29) is 24.2 Å². The first-order chi connectivity index (χ1) is 11.8. The molecule has 0 radical (unpaired) electrons. The quantitative estimate of drug-likeness (QED) is 0.402. The van der Waals surface area contributed by atoms with Crippen LogP contribution in [0.4, 0.5) is 0 Å². The number of ether oxygens (including phenoxy) is 1. The van der Waals surface area contributed by atoms with E-state index in [2.05, 4.69) is 13.8 Å². The molecule has 0 spiro atoms. The van der Waals surface area contributed by atoms with Gasteiger partial charge in [0.25, 0.3) is 0 Å². The standard InChI is InChI=1S/C21H24Cl2O2/c1-5-15(18-9-7-16(22)12-19(18)23)11-21(24)25-20-10-14(4)6-8-17(20)13(2)3/h6-10,12-13,15H,5,11H2,1-4H3/t15-/m0/s1. The third kappa shape index (κ3) is 5.23. The van der Waals surface area contributed by atoms with Crippen LogP contribution in [0, 0.1) is 6.92 Å². The van der Waals surface area contributed by atoms with Crippen LogP contribution in [0.2, 0.25) is 10.0 Å². The molecule has 0 aliphatic carbocycles. The summed E-state index contributed by atoms with van der Waals surface area (Å²) in [5.74, 6) is 0.697. The molecule has 0 saturated heterocycles. The zero-order valence-corrected chi connectivity index (χ0v) is 16.6. The number of carbonyl (C=O) groups excluding carboxylic acids is 1. The number of esters is 1. The molecular weight excluding hydrogens is 355 g/mol. The normalized spacial score (nSPS) is 12.3. The first kappa shape index (κ1) is 19.8. The topological polar surface area (TPSA) is 26.3 Å². The van der Waals surface area contributed by atoms with Gasteiger partial charge < -0.3 is 4.74 Å². The average Bonchev–Trinajstić information content (AvgIpc) is 2.53. The Hall–Kier alpha value is -1.51. The van der Waals surface area contributed by atoms with Gasteiger partial charge in [-0.2, -0.15) is 0 Å². The summed E-state index contributed by atoms with van der Waals surface area (Å²) < 4.78 is 5.70. The molecule has 0 heterocycles. The van der Waals surface area contributed by atoms with E-state index in [9.17, 15) is 4.79 Å². The van der Waals surface area contributed by atoms with Crippen molar-refractivity contribution in [1.82, 2.24) is 0 Å². The molecule has 1 atom stereocenters. The molecule has 25 heavy (non-hydrogen) atoms. The van der Waals surface area contributed by atoms with Crippen molar-refractivity contribution < 1.29 is 9.53 Å². The summed E-state index contributed by atoms with van der Waals surface area (Å²) in [6.07, 6.45) is 1.07. The van der Waals surface area contributed by atoms with Crippen LogP contribution < -0.4 is 4.74 Å². The Morgan fingerprint density at radius 3 is 2.36 bits per heavy atom. The summed E-state index contributed by atoms with van der Waals surface area (Å²) in [7, 11) is 0. The van der Waals surface area contributed by atoms with Crippen molar-refractivity contribution >= 4 is 29.2 Å². The van der Waals surface area contributed by atoms with Gasteiger partial charge in [-0.05, 0) is 60.1 Å². The minimum absolute atomic E-state index is 0.00424. The minimum Gasteiger partial charge on any atom is -0.426 e. The molecule has 0 aromatic heterocycles. The van der Waals surface area contributed by atoms with Gasteiger partial charge in [-0.1, -0.05) is 62.2 Å². The maximum absolute atomic E-state index is 12.5. The Morgan fingerprint density at radius 1 is 1.08 bits per heavy atom. The number of hydrogen-bond acceptors (Lipinski definition) is 2. The third-order valence-electron chi connectivity index (χ3n) is 4.32. The summed E-state index contributed by atoms with van der Waals surface area (Å²) in [5, 5.41) is 1.18. The van der Waals surface area contributed by atoms with Crippen LogP contribution in [0.15, 0.2) is 36.4 Å². The molecule has 0 bridgehead atoms. The highest BCUT2D eigenvalue weighted by molar-refractivity contribution is 6.35. The molecule has 0 fully saturated rings. The van der Waals surface area contributed by atoms with Crippen LogP contribution in [0.25, 0.3) is 0 Å². The highest BCUT2D eigenvalue weighted by atomic mass is 35.5.